The summed E-state index contributed by atoms with van der Waals surface area (Å²) >= 11 is 1.29. The van der Waals surface area contributed by atoms with Gasteiger partial charge in [0.25, 0.3) is 5.91 Å². The topological polar surface area (TPSA) is 92.5 Å². The number of nitrogens with one attached hydrogen (secondary N) is 2. The monoisotopic (exact) mass is 313 g/mol. The molecule has 1 amide bonds. The van der Waals surface area contributed by atoms with Crippen molar-refractivity contribution in [2.45, 2.75) is 19.9 Å². The summed E-state index contributed by atoms with van der Waals surface area (Å²) in [6.07, 6.45) is 0. The minimum Gasteiger partial charge on any atom is -0.382 e. The third-order valence-electron chi connectivity index (χ3n) is 3.09. The number of nitrogen functional groups attached to an aromatic ring is 1. The number of rotatable bonds is 6. The maximum absolute atomic E-state index is 12.1. The van der Waals surface area contributed by atoms with Crippen molar-refractivity contribution in [2.24, 2.45) is 0 Å². The number of carbonyl (C=O) groups excluding carboxylic acids is 1. The van der Waals surface area contributed by atoms with Gasteiger partial charge in [0.1, 0.15) is 10.7 Å². The van der Waals surface area contributed by atoms with Gasteiger partial charge in [-0.05, 0) is 13.8 Å². The molecule has 0 radical (unpaired) electrons. The fourth-order valence-electron chi connectivity index (χ4n) is 2.04. The van der Waals surface area contributed by atoms with Crippen molar-refractivity contribution in [3.63, 3.8) is 0 Å². The Kier molecular flexibility index (Phi) is 5.77. The van der Waals surface area contributed by atoms with Gasteiger partial charge in [-0.25, -0.2) is 4.98 Å². The van der Waals surface area contributed by atoms with Crippen LogP contribution in [0.3, 0.4) is 0 Å². The summed E-state index contributed by atoms with van der Waals surface area (Å²) in [7, 11) is 0. The van der Waals surface area contributed by atoms with E-state index >= 15 is 0 Å². The zero-order valence-corrected chi connectivity index (χ0v) is 13.3. The number of nitrogens with zero attached hydrogens (tertiary/aromatic N) is 2. The predicted octanol–water partition coefficient (Wildman–Crippen LogP) is 0.608. The van der Waals surface area contributed by atoms with E-state index in [1.165, 1.54) is 11.3 Å². The summed E-state index contributed by atoms with van der Waals surface area (Å²) in [5.41, 5.74) is 5.80. The van der Waals surface area contributed by atoms with Crippen LogP contribution in [0, 0.1) is 0 Å². The molecule has 2 heterocycles. The van der Waals surface area contributed by atoms with E-state index in [2.05, 4.69) is 20.5 Å². The Balaban J connectivity index is 1.81. The van der Waals surface area contributed by atoms with Crippen molar-refractivity contribution in [1.29, 1.82) is 0 Å². The number of hydrogen-bond acceptors (Lipinski definition) is 7. The van der Waals surface area contributed by atoms with Crippen molar-refractivity contribution < 1.29 is 9.53 Å². The molecule has 0 aromatic carbocycles. The number of ether oxygens (including phenoxy) is 1. The highest BCUT2D eigenvalue weighted by atomic mass is 32.1. The average Bonchev–Trinajstić information content (AvgIpc) is 2.80. The first-order valence-corrected chi connectivity index (χ1v) is 7.99. The van der Waals surface area contributed by atoms with E-state index in [-0.39, 0.29) is 17.8 Å². The van der Waals surface area contributed by atoms with Crippen LogP contribution in [-0.4, -0.2) is 61.2 Å². The standard InChI is InChI=1S/C13H23N5O2S/c1-9(2)16-13-17-11(14)10(21-13)12(19)15-3-4-18-5-7-20-8-6-18/h9H,3-8,14H2,1-2H3,(H,15,19)(H,16,17). The summed E-state index contributed by atoms with van der Waals surface area (Å²) in [5, 5.41) is 6.73. The lowest BCUT2D eigenvalue weighted by molar-refractivity contribution is 0.0383. The third-order valence-corrected chi connectivity index (χ3v) is 4.09. The highest BCUT2D eigenvalue weighted by Crippen LogP contribution is 2.25. The first kappa shape index (κ1) is 16.0. The number of amides is 1. The van der Waals surface area contributed by atoms with Crippen LogP contribution < -0.4 is 16.4 Å². The highest BCUT2D eigenvalue weighted by Gasteiger charge is 2.17. The van der Waals surface area contributed by atoms with Gasteiger partial charge in [-0.15, -0.1) is 0 Å². The van der Waals surface area contributed by atoms with E-state index in [1.54, 1.807) is 0 Å². The Bertz CT molecular complexity index is 471. The predicted molar refractivity (Wildman–Crippen MR) is 84.9 cm³/mol. The molecule has 2 rings (SSSR count). The van der Waals surface area contributed by atoms with Gasteiger partial charge in [0.15, 0.2) is 5.13 Å². The fourth-order valence-corrected chi connectivity index (χ4v) is 2.98. The minimum absolute atomic E-state index is 0.157. The van der Waals surface area contributed by atoms with E-state index < -0.39 is 0 Å². The smallest absolute Gasteiger partial charge is 0.265 e. The zero-order chi connectivity index (χ0) is 15.2. The number of anilines is 2. The fraction of sp³-hybridized carbons (Fsp3) is 0.692. The van der Waals surface area contributed by atoms with Gasteiger partial charge in [-0.3, -0.25) is 9.69 Å². The van der Waals surface area contributed by atoms with Crippen molar-refractivity contribution >= 4 is 28.2 Å². The Morgan fingerprint density at radius 2 is 2.19 bits per heavy atom. The zero-order valence-electron chi connectivity index (χ0n) is 12.5. The second-order valence-electron chi connectivity index (χ2n) is 5.24. The molecule has 1 aliphatic heterocycles. The normalized spacial score (nSPS) is 16.1. The number of carbonyl (C=O) groups is 1. The van der Waals surface area contributed by atoms with Crippen LogP contribution in [0.15, 0.2) is 0 Å². The van der Waals surface area contributed by atoms with E-state index in [4.69, 9.17) is 10.5 Å². The molecule has 4 N–H and O–H groups in total. The Labute approximate surface area is 128 Å². The van der Waals surface area contributed by atoms with E-state index in [1.807, 2.05) is 13.8 Å². The molecule has 1 fully saturated rings. The second-order valence-corrected chi connectivity index (χ2v) is 6.24. The molecule has 1 saturated heterocycles. The van der Waals surface area contributed by atoms with Crippen molar-refractivity contribution in [3.8, 4) is 0 Å². The molecule has 21 heavy (non-hydrogen) atoms. The molecule has 1 aliphatic rings. The molecule has 0 atom stereocenters. The van der Waals surface area contributed by atoms with Crippen molar-refractivity contribution in [2.75, 3.05) is 50.4 Å². The Morgan fingerprint density at radius 3 is 2.86 bits per heavy atom. The van der Waals surface area contributed by atoms with Crippen LogP contribution in [0.5, 0.6) is 0 Å². The van der Waals surface area contributed by atoms with Crippen LogP contribution in [0.4, 0.5) is 10.9 Å². The van der Waals surface area contributed by atoms with Gasteiger partial charge in [0, 0.05) is 32.2 Å². The van der Waals surface area contributed by atoms with Crippen molar-refractivity contribution in [1.82, 2.24) is 15.2 Å². The molecule has 1 aromatic heterocycles. The van der Waals surface area contributed by atoms with E-state index in [0.29, 0.717) is 16.6 Å². The van der Waals surface area contributed by atoms with Gasteiger partial charge in [0.2, 0.25) is 0 Å². The van der Waals surface area contributed by atoms with E-state index in [9.17, 15) is 4.79 Å². The molecule has 118 valence electrons. The Hall–Kier alpha value is -1.38. The minimum atomic E-state index is -0.157. The second kappa shape index (κ2) is 7.58. The van der Waals surface area contributed by atoms with Crippen LogP contribution >= 0.6 is 11.3 Å². The van der Waals surface area contributed by atoms with Crippen LogP contribution in [-0.2, 0) is 4.74 Å². The molecule has 8 heteroatoms. The molecule has 0 bridgehead atoms. The van der Waals surface area contributed by atoms with Gasteiger partial charge in [-0.2, -0.15) is 0 Å². The Morgan fingerprint density at radius 1 is 1.48 bits per heavy atom. The van der Waals surface area contributed by atoms with Crippen LogP contribution in [0.1, 0.15) is 23.5 Å². The summed E-state index contributed by atoms with van der Waals surface area (Å²) in [6.45, 7) is 8.81. The molecular formula is C13H23N5O2S. The van der Waals surface area contributed by atoms with Crippen LogP contribution in [0.25, 0.3) is 0 Å². The SMILES string of the molecule is CC(C)Nc1nc(N)c(C(=O)NCCN2CCOCC2)s1. The van der Waals surface area contributed by atoms with E-state index in [0.717, 1.165) is 32.8 Å². The summed E-state index contributed by atoms with van der Waals surface area (Å²) < 4.78 is 5.29. The first-order valence-electron chi connectivity index (χ1n) is 7.17. The van der Waals surface area contributed by atoms with Gasteiger partial charge < -0.3 is 21.1 Å². The number of hydrogen-bond donors (Lipinski definition) is 3. The van der Waals surface area contributed by atoms with Crippen molar-refractivity contribution in [3.05, 3.63) is 4.88 Å². The molecule has 1 aromatic rings. The number of nitrogens with two attached hydrogens (primary N) is 1. The molecule has 0 spiro atoms. The lowest BCUT2D eigenvalue weighted by Gasteiger charge is -2.26. The van der Waals surface area contributed by atoms with Gasteiger partial charge >= 0.3 is 0 Å². The average molecular weight is 313 g/mol. The van der Waals surface area contributed by atoms with Crippen LogP contribution in [0.2, 0.25) is 0 Å². The number of morpholine rings is 1. The lowest BCUT2D eigenvalue weighted by Crippen LogP contribution is -2.41. The largest absolute Gasteiger partial charge is 0.382 e. The summed E-state index contributed by atoms with van der Waals surface area (Å²) in [5.74, 6) is 0.127. The highest BCUT2D eigenvalue weighted by molar-refractivity contribution is 7.18. The summed E-state index contributed by atoms with van der Waals surface area (Å²) in [6, 6.07) is 0.257. The molecular weight excluding hydrogens is 290 g/mol. The summed E-state index contributed by atoms with van der Waals surface area (Å²) in [4.78, 5) is 19.0. The maximum Gasteiger partial charge on any atom is 0.265 e. The quantitative estimate of drug-likeness (QED) is 0.712. The maximum atomic E-state index is 12.1. The molecule has 7 nitrogen and oxygen atoms in total. The molecule has 0 saturated carbocycles. The number of thiazole rings is 1. The lowest BCUT2D eigenvalue weighted by atomic mass is 10.4. The molecule has 0 unspecified atom stereocenters. The third kappa shape index (κ3) is 4.83. The van der Waals surface area contributed by atoms with Gasteiger partial charge in [-0.1, -0.05) is 11.3 Å². The molecule has 0 aliphatic carbocycles. The number of aromatic nitrogens is 1. The first-order chi connectivity index (χ1) is 10.1. The van der Waals surface area contributed by atoms with Gasteiger partial charge in [0.05, 0.1) is 13.2 Å².